The number of fused-ring (bicyclic) bond motifs is 1. The van der Waals surface area contributed by atoms with Crippen LogP contribution in [0.3, 0.4) is 0 Å². The van der Waals surface area contributed by atoms with Gasteiger partial charge in [-0.3, -0.25) is 4.79 Å². The Balaban J connectivity index is 1.33. The average Bonchev–Trinajstić information content (AvgIpc) is 3.16. The van der Waals surface area contributed by atoms with Gasteiger partial charge >= 0.3 is 0 Å². The molecule has 0 unspecified atom stereocenters. The molecular formula is C20H20FN3O3S2. The molecule has 2 aromatic carbocycles. The third-order valence-corrected chi connectivity index (χ3v) is 7.74. The number of halogens is 1. The molecule has 1 fully saturated rings. The van der Waals surface area contributed by atoms with E-state index in [1.807, 2.05) is 0 Å². The first-order chi connectivity index (χ1) is 13.9. The zero-order chi connectivity index (χ0) is 20.4. The van der Waals surface area contributed by atoms with Gasteiger partial charge in [0.05, 0.1) is 20.9 Å². The van der Waals surface area contributed by atoms with Gasteiger partial charge in [-0.15, -0.1) is 0 Å². The maximum absolute atomic E-state index is 13.4. The maximum Gasteiger partial charge on any atom is 0.223 e. The van der Waals surface area contributed by atoms with Gasteiger partial charge in [0.15, 0.2) is 15.0 Å². The van der Waals surface area contributed by atoms with Gasteiger partial charge in [0.25, 0.3) is 0 Å². The Morgan fingerprint density at radius 3 is 2.52 bits per heavy atom. The molecule has 1 aliphatic rings. The highest BCUT2D eigenvalue weighted by Crippen LogP contribution is 2.30. The molecule has 3 aromatic rings. The molecule has 1 aliphatic heterocycles. The number of amides is 1. The molecule has 0 saturated carbocycles. The second kappa shape index (κ2) is 8.08. The zero-order valence-corrected chi connectivity index (χ0v) is 17.3. The molecule has 152 valence electrons. The molecule has 9 heteroatoms. The van der Waals surface area contributed by atoms with Gasteiger partial charge in [0, 0.05) is 32.6 Å². The molecule has 0 radical (unpaired) electrons. The predicted octanol–water partition coefficient (Wildman–Crippen LogP) is 2.95. The van der Waals surface area contributed by atoms with Crippen molar-refractivity contribution in [3.63, 3.8) is 0 Å². The third kappa shape index (κ3) is 4.40. The van der Waals surface area contributed by atoms with E-state index in [0.29, 0.717) is 26.2 Å². The van der Waals surface area contributed by atoms with Crippen molar-refractivity contribution in [1.29, 1.82) is 0 Å². The van der Waals surface area contributed by atoms with Crippen molar-refractivity contribution in [3.8, 4) is 0 Å². The monoisotopic (exact) mass is 433 g/mol. The van der Waals surface area contributed by atoms with Crippen LogP contribution in [0.2, 0.25) is 0 Å². The number of carbonyl (C=O) groups is 1. The van der Waals surface area contributed by atoms with Crippen LogP contribution in [0.5, 0.6) is 0 Å². The summed E-state index contributed by atoms with van der Waals surface area (Å²) in [5.74, 6) is -0.636. The first kappa shape index (κ1) is 19.8. The number of thiazole rings is 1. The van der Waals surface area contributed by atoms with Crippen LogP contribution in [-0.2, 0) is 14.6 Å². The fourth-order valence-electron chi connectivity index (χ4n) is 3.29. The number of nitrogens with zero attached hydrogens (tertiary/aromatic N) is 3. The molecule has 0 atom stereocenters. The van der Waals surface area contributed by atoms with E-state index in [4.69, 9.17) is 0 Å². The number of carbonyl (C=O) groups excluding carboxylic acids is 1. The van der Waals surface area contributed by atoms with Crippen LogP contribution in [0.25, 0.3) is 10.2 Å². The summed E-state index contributed by atoms with van der Waals surface area (Å²) in [6, 6.07) is 12.7. The number of hydrogen-bond acceptors (Lipinski definition) is 6. The highest BCUT2D eigenvalue weighted by molar-refractivity contribution is 7.91. The molecule has 6 nitrogen and oxygen atoms in total. The summed E-state index contributed by atoms with van der Waals surface area (Å²) in [6.07, 6.45) is -0.0301. The second-order valence-corrected chi connectivity index (χ2v) is 9.98. The molecule has 4 rings (SSSR count). The summed E-state index contributed by atoms with van der Waals surface area (Å²) in [6.45, 7) is 2.24. The largest absolute Gasteiger partial charge is 0.345 e. The molecule has 0 bridgehead atoms. The number of piperazine rings is 1. The van der Waals surface area contributed by atoms with Gasteiger partial charge in [-0.05, 0) is 30.3 Å². The standard InChI is InChI=1S/C20H20FN3O3S2/c21-15-6-7-17-18(14-15)28-20(22-17)24-11-9-23(10-12-24)19(25)8-13-29(26,27)16-4-2-1-3-5-16/h1-7,14H,8-13H2. The molecule has 0 spiro atoms. The Labute approximate surface area is 172 Å². The third-order valence-electron chi connectivity index (χ3n) is 4.93. The zero-order valence-electron chi connectivity index (χ0n) is 15.6. The second-order valence-electron chi connectivity index (χ2n) is 6.86. The minimum atomic E-state index is -3.46. The van der Waals surface area contributed by atoms with Crippen molar-refractivity contribution >= 4 is 42.4 Å². The summed E-state index contributed by atoms with van der Waals surface area (Å²) in [7, 11) is -3.46. The Hall–Kier alpha value is -2.52. The van der Waals surface area contributed by atoms with E-state index in [2.05, 4.69) is 9.88 Å². The molecule has 0 aliphatic carbocycles. The number of hydrogen-bond donors (Lipinski definition) is 0. The van der Waals surface area contributed by atoms with Crippen molar-refractivity contribution < 1.29 is 17.6 Å². The van der Waals surface area contributed by atoms with E-state index in [1.165, 1.54) is 23.5 Å². The van der Waals surface area contributed by atoms with Gasteiger partial charge in [0.1, 0.15) is 5.82 Å². The van der Waals surface area contributed by atoms with Crippen LogP contribution in [0.15, 0.2) is 53.4 Å². The lowest BCUT2D eigenvalue weighted by Gasteiger charge is -2.34. The normalized spacial score (nSPS) is 15.1. The molecule has 1 saturated heterocycles. The number of rotatable bonds is 5. The molecule has 0 N–H and O–H groups in total. The summed E-state index contributed by atoms with van der Waals surface area (Å²) in [4.78, 5) is 21.0. The highest BCUT2D eigenvalue weighted by atomic mass is 32.2. The highest BCUT2D eigenvalue weighted by Gasteiger charge is 2.25. The quantitative estimate of drug-likeness (QED) is 0.619. The van der Waals surface area contributed by atoms with E-state index < -0.39 is 9.84 Å². The Bertz CT molecular complexity index is 1120. The SMILES string of the molecule is O=C(CCS(=O)(=O)c1ccccc1)N1CCN(c2nc3ccc(F)cc3s2)CC1. The van der Waals surface area contributed by atoms with E-state index in [1.54, 1.807) is 41.3 Å². The van der Waals surface area contributed by atoms with Gasteiger partial charge in [-0.25, -0.2) is 17.8 Å². The topological polar surface area (TPSA) is 70.6 Å². The molecule has 1 aromatic heterocycles. The predicted molar refractivity (Wildman–Crippen MR) is 111 cm³/mol. The summed E-state index contributed by atoms with van der Waals surface area (Å²) in [5, 5.41) is 0.810. The van der Waals surface area contributed by atoms with Gasteiger partial charge in [0.2, 0.25) is 5.91 Å². The number of sulfone groups is 1. The van der Waals surface area contributed by atoms with Crippen LogP contribution in [0, 0.1) is 5.82 Å². The van der Waals surface area contributed by atoms with Crippen molar-refractivity contribution in [1.82, 2.24) is 9.88 Å². The first-order valence-electron chi connectivity index (χ1n) is 9.29. The van der Waals surface area contributed by atoms with E-state index in [9.17, 15) is 17.6 Å². The van der Waals surface area contributed by atoms with Crippen molar-refractivity contribution in [3.05, 3.63) is 54.3 Å². The van der Waals surface area contributed by atoms with Crippen LogP contribution < -0.4 is 4.90 Å². The lowest BCUT2D eigenvalue weighted by atomic mass is 10.3. The Morgan fingerprint density at radius 2 is 1.79 bits per heavy atom. The first-order valence-corrected chi connectivity index (χ1v) is 11.8. The maximum atomic E-state index is 13.4. The molecular weight excluding hydrogens is 413 g/mol. The number of benzene rings is 2. The van der Waals surface area contributed by atoms with E-state index in [0.717, 1.165) is 15.3 Å². The van der Waals surface area contributed by atoms with Crippen molar-refractivity contribution in [2.24, 2.45) is 0 Å². The van der Waals surface area contributed by atoms with Gasteiger partial charge < -0.3 is 9.80 Å². The van der Waals surface area contributed by atoms with Crippen LogP contribution in [0.1, 0.15) is 6.42 Å². The van der Waals surface area contributed by atoms with E-state index >= 15 is 0 Å². The summed E-state index contributed by atoms with van der Waals surface area (Å²) < 4.78 is 38.9. The minimum absolute atomic E-state index is 0.0301. The molecule has 1 amide bonds. The van der Waals surface area contributed by atoms with Crippen LogP contribution in [0.4, 0.5) is 9.52 Å². The summed E-state index contributed by atoms with van der Waals surface area (Å²) >= 11 is 1.43. The van der Waals surface area contributed by atoms with Crippen LogP contribution >= 0.6 is 11.3 Å². The molecule has 2 heterocycles. The average molecular weight is 434 g/mol. The lowest BCUT2D eigenvalue weighted by molar-refractivity contribution is -0.131. The molecule has 29 heavy (non-hydrogen) atoms. The lowest BCUT2D eigenvalue weighted by Crippen LogP contribution is -2.49. The van der Waals surface area contributed by atoms with Gasteiger partial charge in [-0.1, -0.05) is 29.5 Å². The van der Waals surface area contributed by atoms with Gasteiger partial charge in [-0.2, -0.15) is 0 Å². The number of aromatic nitrogens is 1. The van der Waals surface area contributed by atoms with Crippen molar-refractivity contribution in [2.75, 3.05) is 36.8 Å². The Kier molecular flexibility index (Phi) is 5.51. The summed E-state index contributed by atoms with van der Waals surface area (Å²) in [5.41, 5.74) is 0.760. The van der Waals surface area contributed by atoms with Crippen molar-refractivity contribution in [2.45, 2.75) is 11.3 Å². The smallest absolute Gasteiger partial charge is 0.223 e. The van der Waals surface area contributed by atoms with Crippen LogP contribution in [-0.4, -0.2) is 56.1 Å². The fraction of sp³-hybridized carbons (Fsp3) is 0.300. The Morgan fingerprint density at radius 1 is 1.07 bits per heavy atom. The minimum Gasteiger partial charge on any atom is -0.345 e. The van der Waals surface area contributed by atoms with E-state index in [-0.39, 0.29) is 28.8 Å². The fourth-order valence-corrected chi connectivity index (χ4v) is 5.59. The number of anilines is 1.